The molecule has 0 unspecified atom stereocenters. The summed E-state index contributed by atoms with van der Waals surface area (Å²) in [6.45, 7) is 5.12. The highest BCUT2D eigenvalue weighted by Gasteiger charge is 2.56. The predicted molar refractivity (Wildman–Crippen MR) is 87.2 cm³/mol. The second kappa shape index (κ2) is 7.57. The first-order valence-electron chi connectivity index (χ1n) is 8.26. The molecule has 23 heavy (non-hydrogen) atoms. The van der Waals surface area contributed by atoms with Gasteiger partial charge >= 0.3 is 0 Å². The molecule has 0 bridgehead atoms. The van der Waals surface area contributed by atoms with Gasteiger partial charge in [0.25, 0.3) is 0 Å². The Morgan fingerprint density at radius 2 is 1.74 bits per heavy atom. The Morgan fingerprint density at radius 1 is 1.13 bits per heavy atom. The van der Waals surface area contributed by atoms with Crippen LogP contribution < -0.4 is 10.6 Å². The summed E-state index contributed by atoms with van der Waals surface area (Å²) in [7, 11) is 0. The molecule has 0 saturated heterocycles. The minimum atomic E-state index is -0.897. The van der Waals surface area contributed by atoms with Crippen molar-refractivity contribution in [2.75, 3.05) is 13.1 Å². The van der Waals surface area contributed by atoms with Crippen molar-refractivity contribution in [2.24, 2.45) is 11.3 Å². The summed E-state index contributed by atoms with van der Waals surface area (Å²) >= 11 is 0. The maximum atomic E-state index is 13.5. The lowest BCUT2D eigenvalue weighted by Gasteiger charge is -2.16. The zero-order valence-corrected chi connectivity index (χ0v) is 13.8. The normalized spacial score (nSPS) is 15.3. The maximum absolute atomic E-state index is 13.5. The quantitative estimate of drug-likeness (QED) is 0.723. The first kappa shape index (κ1) is 17.4. The Hall–Kier alpha value is -1.91. The van der Waals surface area contributed by atoms with E-state index in [-0.39, 0.29) is 17.6 Å². The Kier molecular flexibility index (Phi) is 5.74. The van der Waals surface area contributed by atoms with Gasteiger partial charge < -0.3 is 10.6 Å². The van der Waals surface area contributed by atoms with Crippen molar-refractivity contribution in [3.63, 3.8) is 0 Å². The van der Waals surface area contributed by atoms with Gasteiger partial charge in [0.15, 0.2) is 0 Å². The Balaban J connectivity index is 1.78. The van der Waals surface area contributed by atoms with Crippen molar-refractivity contribution < 1.29 is 14.0 Å². The highest BCUT2D eigenvalue weighted by atomic mass is 19.1. The zero-order valence-electron chi connectivity index (χ0n) is 13.8. The van der Waals surface area contributed by atoms with Crippen LogP contribution in [0.5, 0.6) is 0 Å². The van der Waals surface area contributed by atoms with Crippen LogP contribution in [-0.4, -0.2) is 24.9 Å². The molecule has 4 nitrogen and oxygen atoms in total. The highest BCUT2D eigenvalue weighted by molar-refractivity contribution is 6.07. The first-order chi connectivity index (χ1) is 11.0. The number of benzene rings is 1. The van der Waals surface area contributed by atoms with E-state index < -0.39 is 5.41 Å². The molecule has 0 radical (unpaired) electrons. The Morgan fingerprint density at radius 3 is 2.30 bits per heavy atom. The lowest BCUT2D eigenvalue weighted by Crippen LogP contribution is -2.44. The molecule has 0 aliphatic heterocycles. The molecule has 2 N–H and O–H groups in total. The number of carbonyl (C=O) groups excluding carboxylic acids is 2. The fraction of sp³-hybridized carbons (Fsp3) is 0.556. The average Bonchev–Trinajstić information content (AvgIpc) is 3.30. The molecule has 2 rings (SSSR count). The van der Waals surface area contributed by atoms with E-state index in [0.29, 0.717) is 43.8 Å². The van der Waals surface area contributed by atoms with Crippen LogP contribution in [0.1, 0.15) is 38.7 Å². The van der Waals surface area contributed by atoms with Gasteiger partial charge in [-0.1, -0.05) is 32.0 Å². The number of carbonyl (C=O) groups is 2. The van der Waals surface area contributed by atoms with Crippen molar-refractivity contribution in [1.29, 1.82) is 0 Å². The lowest BCUT2D eigenvalue weighted by atomic mass is 10.0. The van der Waals surface area contributed by atoms with Crippen LogP contribution in [0.25, 0.3) is 0 Å². The van der Waals surface area contributed by atoms with E-state index in [9.17, 15) is 14.0 Å². The molecular weight excluding hydrogens is 295 g/mol. The molecule has 0 heterocycles. The molecule has 1 aromatic rings. The van der Waals surface area contributed by atoms with Crippen molar-refractivity contribution >= 4 is 11.8 Å². The number of rotatable bonds is 8. The molecule has 0 spiro atoms. The summed E-state index contributed by atoms with van der Waals surface area (Å²) in [6.07, 6.45) is 2.50. The van der Waals surface area contributed by atoms with Gasteiger partial charge in [0, 0.05) is 13.1 Å². The van der Waals surface area contributed by atoms with Crippen molar-refractivity contribution in [3.8, 4) is 0 Å². The predicted octanol–water partition coefficient (Wildman–Crippen LogP) is 2.43. The van der Waals surface area contributed by atoms with E-state index in [0.717, 1.165) is 6.42 Å². The summed E-state index contributed by atoms with van der Waals surface area (Å²) in [6, 6.07) is 6.51. The minimum Gasteiger partial charge on any atom is -0.355 e. The maximum Gasteiger partial charge on any atom is 0.235 e. The first-order valence-corrected chi connectivity index (χ1v) is 8.26. The van der Waals surface area contributed by atoms with E-state index in [1.807, 2.05) is 0 Å². The zero-order chi connectivity index (χ0) is 16.9. The van der Waals surface area contributed by atoms with Gasteiger partial charge in [-0.2, -0.15) is 0 Å². The molecule has 1 aromatic carbocycles. The van der Waals surface area contributed by atoms with Gasteiger partial charge in [-0.05, 0) is 43.2 Å². The van der Waals surface area contributed by atoms with E-state index in [4.69, 9.17) is 0 Å². The molecule has 1 fully saturated rings. The Bertz CT molecular complexity index is 568. The molecular formula is C18H25FN2O2. The third kappa shape index (κ3) is 4.53. The van der Waals surface area contributed by atoms with Crippen LogP contribution in [0.4, 0.5) is 4.39 Å². The number of nitrogens with one attached hydrogen (secondary N) is 2. The third-order valence-corrected chi connectivity index (χ3v) is 4.26. The smallest absolute Gasteiger partial charge is 0.235 e. The summed E-state index contributed by atoms with van der Waals surface area (Å²) in [5.41, 5.74) is -0.328. The van der Waals surface area contributed by atoms with Crippen LogP contribution in [0.2, 0.25) is 0 Å². The van der Waals surface area contributed by atoms with E-state index in [1.165, 1.54) is 6.07 Å². The van der Waals surface area contributed by atoms with Crippen molar-refractivity contribution in [3.05, 3.63) is 35.6 Å². The Labute approximate surface area is 136 Å². The van der Waals surface area contributed by atoms with Crippen LogP contribution in [0.15, 0.2) is 24.3 Å². The van der Waals surface area contributed by atoms with Crippen LogP contribution in [-0.2, 0) is 16.0 Å². The van der Waals surface area contributed by atoms with Gasteiger partial charge in [-0.3, -0.25) is 9.59 Å². The summed E-state index contributed by atoms with van der Waals surface area (Å²) < 4.78 is 13.5. The van der Waals surface area contributed by atoms with Crippen LogP contribution in [0.3, 0.4) is 0 Å². The van der Waals surface area contributed by atoms with Crippen LogP contribution >= 0.6 is 0 Å². The van der Waals surface area contributed by atoms with E-state index >= 15 is 0 Å². The van der Waals surface area contributed by atoms with Gasteiger partial charge in [-0.25, -0.2) is 4.39 Å². The van der Waals surface area contributed by atoms with Gasteiger partial charge in [0.2, 0.25) is 11.8 Å². The highest BCUT2D eigenvalue weighted by Crippen LogP contribution is 2.46. The third-order valence-electron chi connectivity index (χ3n) is 4.26. The van der Waals surface area contributed by atoms with E-state index in [2.05, 4.69) is 24.5 Å². The van der Waals surface area contributed by atoms with Gasteiger partial charge in [-0.15, -0.1) is 0 Å². The number of amides is 2. The molecule has 126 valence electrons. The second-order valence-corrected chi connectivity index (χ2v) is 6.62. The lowest BCUT2D eigenvalue weighted by molar-refractivity contribution is -0.137. The molecule has 2 amide bonds. The fourth-order valence-electron chi connectivity index (χ4n) is 2.51. The summed E-state index contributed by atoms with van der Waals surface area (Å²) in [5.74, 6) is -0.174. The van der Waals surface area contributed by atoms with Crippen LogP contribution in [0, 0.1) is 17.2 Å². The minimum absolute atomic E-state index is 0.179. The monoisotopic (exact) mass is 320 g/mol. The molecule has 1 aliphatic carbocycles. The van der Waals surface area contributed by atoms with Crippen molar-refractivity contribution in [2.45, 2.75) is 39.5 Å². The molecule has 0 atom stereocenters. The standard InChI is InChI=1S/C18H25FN2O2/c1-13(2)7-11-20-16(22)18(9-10-18)17(23)21-12-8-14-5-3-4-6-15(14)19/h3-6,13H,7-12H2,1-2H3,(H,20,22)(H,21,23). The molecule has 0 aromatic heterocycles. The van der Waals surface area contributed by atoms with Crippen molar-refractivity contribution in [1.82, 2.24) is 10.6 Å². The number of halogens is 1. The molecule has 1 saturated carbocycles. The molecule has 1 aliphatic rings. The summed E-state index contributed by atoms with van der Waals surface area (Å²) in [5, 5.41) is 5.63. The SMILES string of the molecule is CC(C)CCNC(=O)C1(C(=O)NCCc2ccccc2F)CC1. The number of hydrogen-bond donors (Lipinski definition) is 2. The topological polar surface area (TPSA) is 58.2 Å². The largest absolute Gasteiger partial charge is 0.355 e. The molecule has 5 heteroatoms. The number of hydrogen-bond acceptors (Lipinski definition) is 2. The fourth-order valence-corrected chi connectivity index (χ4v) is 2.51. The summed E-state index contributed by atoms with van der Waals surface area (Å²) in [4.78, 5) is 24.5. The average molecular weight is 320 g/mol. The van der Waals surface area contributed by atoms with Gasteiger partial charge in [0.1, 0.15) is 11.2 Å². The second-order valence-electron chi connectivity index (χ2n) is 6.62. The van der Waals surface area contributed by atoms with Gasteiger partial charge in [0.05, 0.1) is 0 Å². The van der Waals surface area contributed by atoms with E-state index in [1.54, 1.807) is 18.2 Å².